The number of hydrogen-bond acceptors (Lipinski definition) is 2. The maximum atomic E-state index is 10.3. The van der Waals surface area contributed by atoms with Gasteiger partial charge in [0.25, 0.3) is 0 Å². The zero-order valence-electron chi connectivity index (χ0n) is 6.15. The first-order chi connectivity index (χ1) is 4.59. The molecule has 0 aromatic heterocycles. The van der Waals surface area contributed by atoms with Gasteiger partial charge in [0.1, 0.15) is 0 Å². The molecule has 0 aliphatic carbocycles. The van der Waals surface area contributed by atoms with Crippen molar-refractivity contribution in [3.63, 3.8) is 0 Å². The molecule has 0 unspecified atom stereocenters. The third kappa shape index (κ3) is 11.6. The minimum absolute atomic E-state index is 0.00463. The van der Waals surface area contributed by atoms with Crippen LogP contribution in [0.3, 0.4) is 0 Å². The molecule has 0 N–H and O–H groups in total. The fraction of sp³-hybridized carbons (Fsp3) is 0.800. The molecule has 0 spiro atoms. The van der Waals surface area contributed by atoms with Crippen LogP contribution in [-0.2, 0) is 9.53 Å². The Morgan fingerprint density at radius 1 is 1.50 bits per heavy atom. The summed E-state index contributed by atoms with van der Waals surface area (Å²) < 4.78 is 4.37. The average Bonchev–Trinajstić information content (AvgIpc) is 1.88. The summed E-state index contributed by atoms with van der Waals surface area (Å²) in [5.41, 5.74) is 0. The number of hydrogen-bond donors (Lipinski definition) is 0. The van der Waals surface area contributed by atoms with E-state index >= 15 is 0 Å². The number of esters is 1. The summed E-state index contributed by atoms with van der Waals surface area (Å²) >= 11 is -0.826. The van der Waals surface area contributed by atoms with Gasteiger partial charge in [0, 0.05) is 0 Å². The Labute approximate surface area is 78.9 Å². The van der Waals surface area contributed by atoms with Crippen LogP contribution in [0.1, 0.15) is 13.8 Å². The molecule has 2 nitrogen and oxygen atoms in total. The van der Waals surface area contributed by atoms with Crippen LogP contribution in [-0.4, -0.2) is 32.0 Å². The molecule has 0 saturated heterocycles. The van der Waals surface area contributed by atoms with E-state index in [1.54, 1.807) is 13.8 Å². The van der Waals surface area contributed by atoms with Crippen LogP contribution >= 0.6 is 17.8 Å². The van der Waals surface area contributed by atoms with Crippen molar-refractivity contribution in [2.45, 2.75) is 13.8 Å². The summed E-state index contributed by atoms with van der Waals surface area (Å²) in [5, 5.41) is 0. The van der Waals surface area contributed by atoms with Crippen molar-refractivity contribution >= 4 is 42.7 Å². The number of rotatable bonds is 1. The van der Waals surface area contributed by atoms with Crippen LogP contribution in [0.25, 0.3) is 0 Å². The van der Waals surface area contributed by atoms with Gasteiger partial charge in [-0.15, -0.1) is 0 Å². The molecule has 10 heavy (non-hydrogen) atoms. The van der Waals surface area contributed by atoms with E-state index in [1.807, 2.05) is 0 Å². The number of halogens is 2. The molecule has 0 atom stereocenters. The Bertz CT molecular complexity index is 87.7. The Morgan fingerprint density at radius 2 is 1.80 bits per heavy atom. The van der Waals surface area contributed by atoms with E-state index in [0.717, 1.165) is 0 Å². The van der Waals surface area contributed by atoms with Crippen LogP contribution in [0.4, 0.5) is 0 Å². The minimum atomic E-state index is -0.826. The van der Waals surface area contributed by atoms with E-state index in [9.17, 15) is 4.79 Å². The average molecular weight is 292 g/mol. The second-order valence-electron chi connectivity index (χ2n) is 1.75. The summed E-state index contributed by atoms with van der Waals surface area (Å²) in [6, 6.07) is 0. The molecular weight excluding hydrogens is 282 g/mol. The van der Waals surface area contributed by atoms with E-state index in [2.05, 4.69) is 4.74 Å². The van der Waals surface area contributed by atoms with Crippen molar-refractivity contribution in [3.05, 3.63) is 0 Å². The van der Waals surface area contributed by atoms with Crippen LogP contribution in [0.2, 0.25) is 0 Å². The first-order valence-electron chi connectivity index (χ1n) is 2.64. The fourth-order valence-corrected chi connectivity index (χ4v) is 0.236. The first-order valence-corrected chi connectivity index (χ1v) is 9.87. The summed E-state index contributed by atoms with van der Waals surface area (Å²) in [6.07, 6.45) is 0. The molecule has 0 rings (SSSR count). The maximum absolute atomic E-state index is 10.3. The predicted octanol–water partition coefficient (Wildman–Crippen LogP) is 1.81. The van der Waals surface area contributed by atoms with Crippen molar-refractivity contribution < 1.29 is 9.53 Å². The monoisotopic (exact) mass is 292 g/mol. The van der Waals surface area contributed by atoms with E-state index in [-0.39, 0.29) is 11.9 Å². The molecule has 0 fully saturated rings. The third-order valence-corrected chi connectivity index (χ3v) is 0.673. The van der Waals surface area contributed by atoms with Gasteiger partial charge in [0.05, 0.1) is 13.0 Å². The zero-order valence-corrected chi connectivity index (χ0v) is 10.5. The number of carbonyl (C=O) groups excluding carboxylic acids is 1. The van der Waals surface area contributed by atoms with Gasteiger partial charge in [-0.25, -0.2) is 0 Å². The van der Waals surface area contributed by atoms with Crippen molar-refractivity contribution in [3.8, 4) is 0 Å². The number of carbonyl (C=O) groups is 1. The Morgan fingerprint density at radius 3 is 1.80 bits per heavy atom. The van der Waals surface area contributed by atoms with Crippen LogP contribution in [0, 0.1) is 5.92 Å². The quantitative estimate of drug-likeness (QED) is 0.544. The van der Waals surface area contributed by atoms with Gasteiger partial charge < -0.3 is 4.74 Å². The molecule has 0 amide bonds. The summed E-state index contributed by atoms with van der Waals surface area (Å²) in [6.45, 7) is 3.59. The fourth-order valence-electron chi connectivity index (χ4n) is 0.236. The van der Waals surface area contributed by atoms with Crippen LogP contribution < -0.4 is 0 Å². The summed E-state index contributed by atoms with van der Waals surface area (Å²) in [7, 11) is 11.3. The van der Waals surface area contributed by atoms with Crippen molar-refractivity contribution in [1.29, 1.82) is 0 Å². The van der Waals surface area contributed by atoms with Crippen LogP contribution in [0.15, 0.2) is 0 Å². The Kier molecular flexibility index (Phi) is 13.2. The number of ether oxygens (including phenoxy) is 1. The third-order valence-electron chi connectivity index (χ3n) is 0.673. The van der Waals surface area contributed by atoms with Gasteiger partial charge in [-0.1, -0.05) is 13.8 Å². The van der Waals surface area contributed by atoms with Crippen molar-refractivity contribution in [1.82, 2.24) is 0 Å². The molecule has 0 bridgehead atoms. The number of methoxy groups -OCH3 is 1. The Balaban J connectivity index is 0. The van der Waals surface area contributed by atoms with Crippen molar-refractivity contribution in [2.24, 2.45) is 5.92 Å². The van der Waals surface area contributed by atoms with E-state index < -0.39 is 18.9 Å². The van der Waals surface area contributed by atoms with Crippen molar-refractivity contribution in [2.75, 3.05) is 7.11 Å². The molecule has 0 saturated carbocycles. The summed E-state index contributed by atoms with van der Waals surface area (Å²) in [5.74, 6) is -0.148. The van der Waals surface area contributed by atoms with E-state index in [4.69, 9.17) is 17.8 Å². The SMILES string of the molecule is COC(=O)C(C)C.[Cl][Sn][Cl]. The predicted molar refractivity (Wildman–Crippen MR) is 44.3 cm³/mol. The topological polar surface area (TPSA) is 26.3 Å². The summed E-state index contributed by atoms with van der Waals surface area (Å²) in [4.78, 5) is 10.3. The molecule has 60 valence electrons. The van der Waals surface area contributed by atoms with Gasteiger partial charge in [-0.3, -0.25) is 4.79 Å². The van der Waals surface area contributed by atoms with Gasteiger partial charge in [-0.05, 0) is 0 Å². The molecule has 0 aromatic rings. The molecule has 5 heteroatoms. The van der Waals surface area contributed by atoms with Gasteiger partial charge in [0.2, 0.25) is 0 Å². The first kappa shape index (κ1) is 13.4. The molecule has 0 aliphatic heterocycles. The van der Waals surface area contributed by atoms with Gasteiger partial charge in [0.15, 0.2) is 0 Å². The van der Waals surface area contributed by atoms with Crippen LogP contribution in [0.5, 0.6) is 0 Å². The second kappa shape index (κ2) is 9.85. The molecular formula is C5H10Cl2O2Sn. The van der Waals surface area contributed by atoms with E-state index in [0.29, 0.717) is 0 Å². The molecule has 0 aromatic carbocycles. The molecule has 0 heterocycles. The van der Waals surface area contributed by atoms with E-state index in [1.165, 1.54) is 7.11 Å². The second-order valence-corrected chi connectivity index (χ2v) is 5.99. The molecule has 2 radical (unpaired) electrons. The standard InChI is InChI=1S/C5H10O2.2ClH.Sn/c1-4(2)5(6)7-3;;;/h4H,1-3H3;2*1H;/q;;;+2/p-2. The Hall–Kier alpha value is 0.849. The van der Waals surface area contributed by atoms with Gasteiger partial charge in [-0.2, -0.15) is 0 Å². The molecule has 0 aliphatic rings. The zero-order chi connectivity index (χ0) is 8.57. The van der Waals surface area contributed by atoms with Gasteiger partial charge >= 0.3 is 42.7 Å². The normalized spacial score (nSPS) is 8.20.